The van der Waals surface area contributed by atoms with Crippen LogP contribution in [-0.2, 0) is 0 Å². The minimum absolute atomic E-state index is 0.861. The Morgan fingerprint density at radius 1 is 0.347 bits per heavy atom. The third-order valence-electron chi connectivity index (χ3n) is 9.86. The zero-order valence-corrected chi connectivity index (χ0v) is 26.6. The van der Waals surface area contributed by atoms with Crippen LogP contribution in [0.5, 0.6) is 0 Å². The van der Waals surface area contributed by atoms with E-state index in [1.54, 1.807) is 12.4 Å². The van der Waals surface area contributed by atoms with Gasteiger partial charge in [-0.25, -0.2) is 0 Å². The average Bonchev–Trinajstić information content (AvgIpc) is 3.52. The van der Waals surface area contributed by atoms with Gasteiger partial charge in [-0.15, -0.1) is 0 Å². The first-order chi connectivity index (χ1) is 24.3. The highest BCUT2D eigenvalue weighted by Gasteiger charge is 2.23. The van der Waals surface area contributed by atoms with E-state index in [9.17, 15) is 0 Å². The summed E-state index contributed by atoms with van der Waals surface area (Å²) < 4.78 is 2.48. The topological polar surface area (TPSA) is 30.7 Å². The summed E-state index contributed by atoms with van der Waals surface area (Å²) in [5, 5.41) is 7.45. The third kappa shape index (κ3) is 4.29. The molecule has 228 valence electrons. The SMILES string of the molecule is c1ccc(-c2cc3nccnc3cc2-n2c3cc(-c4ccccc4)c4ccccc4c3c3c4ccccc4c(-c4ccccc4)cc32)cc1. The van der Waals surface area contributed by atoms with Crippen molar-refractivity contribution < 1.29 is 0 Å². The third-order valence-corrected chi connectivity index (χ3v) is 9.86. The van der Waals surface area contributed by atoms with Crippen molar-refractivity contribution in [1.29, 1.82) is 0 Å². The molecule has 10 rings (SSSR count). The van der Waals surface area contributed by atoms with Gasteiger partial charge in [0.25, 0.3) is 0 Å². The largest absolute Gasteiger partial charge is 0.308 e. The van der Waals surface area contributed by atoms with Gasteiger partial charge in [-0.3, -0.25) is 9.97 Å². The first kappa shape index (κ1) is 27.5. The molecule has 0 aliphatic heterocycles. The van der Waals surface area contributed by atoms with Crippen LogP contribution in [0.15, 0.2) is 176 Å². The highest BCUT2D eigenvalue weighted by Crippen LogP contribution is 2.47. The van der Waals surface area contributed by atoms with Crippen LogP contribution < -0.4 is 0 Å². The van der Waals surface area contributed by atoms with Gasteiger partial charge >= 0.3 is 0 Å². The van der Waals surface area contributed by atoms with Crippen molar-refractivity contribution in [3.63, 3.8) is 0 Å². The summed E-state index contributed by atoms with van der Waals surface area (Å²) in [6.45, 7) is 0. The second-order valence-corrected chi connectivity index (χ2v) is 12.6. The molecular formula is C46H29N3. The van der Waals surface area contributed by atoms with Crippen LogP contribution in [0, 0.1) is 0 Å². The summed E-state index contributed by atoms with van der Waals surface area (Å²) in [5.74, 6) is 0. The van der Waals surface area contributed by atoms with E-state index in [0.717, 1.165) is 38.9 Å². The number of fused-ring (bicyclic) bond motifs is 8. The molecule has 0 N–H and O–H groups in total. The van der Waals surface area contributed by atoms with E-state index in [4.69, 9.17) is 9.97 Å². The lowest BCUT2D eigenvalue weighted by Gasteiger charge is -2.17. The molecule has 0 atom stereocenters. The zero-order valence-electron chi connectivity index (χ0n) is 26.6. The average molecular weight is 624 g/mol. The molecule has 0 saturated carbocycles. The van der Waals surface area contributed by atoms with E-state index in [0.29, 0.717) is 0 Å². The van der Waals surface area contributed by atoms with Crippen LogP contribution in [-0.4, -0.2) is 14.5 Å². The Morgan fingerprint density at radius 2 is 0.735 bits per heavy atom. The van der Waals surface area contributed by atoms with E-state index in [1.807, 2.05) is 0 Å². The summed E-state index contributed by atoms with van der Waals surface area (Å²) >= 11 is 0. The second-order valence-electron chi connectivity index (χ2n) is 12.6. The normalized spacial score (nSPS) is 11.7. The maximum Gasteiger partial charge on any atom is 0.0908 e. The van der Waals surface area contributed by atoms with Crippen molar-refractivity contribution in [2.24, 2.45) is 0 Å². The number of hydrogen-bond donors (Lipinski definition) is 0. The van der Waals surface area contributed by atoms with E-state index < -0.39 is 0 Å². The molecule has 0 bridgehead atoms. The van der Waals surface area contributed by atoms with Crippen LogP contribution in [0.3, 0.4) is 0 Å². The molecule has 8 aromatic carbocycles. The fourth-order valence-corrected chi connectivity index (χ4v) is 7.74. The van der Waals surface area contributed by atoms with Gasteiger partial charge in [0, 0.05) is 28.7 Å². The standard InChI is InChI=1S/C46H29N3/c1-4-14-30(15-5-1)37-27-43-45(35-22-12-10-20-33(35)37)46-36-23-13-11-21-34(36)38(31-16-6-2-7-17-31)28-44(46)49(43)42-29-41-40(47-24-25-48-41)26-39(42)32-18-8-3-9-19-32/h1-29H. The summed E-state index contributed by atoms with van der Waals surface area (Å²) in [6, 6.07) is 59.1. The molecule has 10 aromatic rings. The van der Waals surface area contributed by atoms with Crippen molar-refractivity contribution in [2.45, 2.75) is 0 Å². The first-order valence-electron chi connectivity index (χ1n) is 16.7. The predicted molar refractivity (Wildman–Crippen MR) is 205 cm³/mol. The van der Waals surface area contributed by atoms with Gasteiger partial charge in [0.05, 0.1) is 27.8 Å². The number of rotatable bonds is 4. The Bertz CT molecular complexity index is 2720. The van der Waals surface area contributed by atoms with Crippen LogP contribution in [0.4, 0.5) is 0 Å². The van der Waals surface area contributed by atoms with Gasteiger partial charge in [-0.2, -0.15) is 0 Å². The number of nitrogens with zero attached hydrogens (tertiary/aromatic N) is 3. The molecule has 49 heavy (non-hydrogen) atoms. The van der Waals surface area contributed by atoms with Crippen molar-refractivity contribution in [3.8, 4) is 39.1 Å². The lowest BCUT2D eigenvalue weighted by atomic mass is 9.92. The van der Waals surface area contributed by atoms with E-state index in [-0.39, 0.29) is 0 Å². The molecule has 2 aromatic heterocycles. The monoisotopic (exact) mass is 623 g/mol. The molecule has 0 aliphatic rings. The second kappa shape index (κ2) is 11.0. The molecule has 0 radical (unpaired) electrons. The van der Waals surface area contributed by atoms with Crippen molar-refractivity contribution in [1.82, 2.24) is 14.5 Å². The molecule has 0 spiro atoms. The number of hydrogen-bond acceptors (Lipinski definition) is 2. The Labute approximate surface area is 283 Å². The van der Waals surface area contributed by atoms with E-state index in [2.05, 4.69) is 168 Å². The summed E-state index contributed by atoms with van der Waals surface area (Å²) in [6.07, 6.45) is 3.55. The Hall–Kier alpha value is -6.58. The van der Waals surface area contributed by atoms with Gasteiger partial charge in [0.1, 0.15) is 0 Å². The van der Waals surface area contributed by atoms with Gasteiger partial charge in [0.15, 0.2) is 0 Å². The quantitative estimate of drug-likeness (QED) is 0.195. The summed E-state index contributed by atoms with van der Waals surface area (Å²) in [7, 11) is 0. The van der Waals surface area contributed by atoms with E-state index >= 15 is 0 Å². The minimum atomic E-state index is 0.861. The Kier molecular flexibility index (Phi) is 6.18. The molecule has 0 unspecified atom stereocenters. The van der Waals surface area contributed by atoms with Crippen LogP contribution in [0.1, 0.15) is 0 Å². The number of aromatic nitrogens is 3. The molecule has 0 fully saturated rings. The molecule has 0 saturated heterocycles. The molecule has 2 heterocycles. The van der Waals surface area contributed by atoms with Gasteiger partial charge in [-0.1, -0.05) is 140 Å². The molecule has 3 heteroatoms. The van der Waals surface area contributed by atoms with Gasteiger partial charge in [0.2, 0.25) is 0 Å². The van der Waals surface area contributed by atoms with E-state index in [1.165, 1.54) is 54.6 Å². The highest BCUT2D eigenvalue weighted by molar-refractivity contribution is 6.31. The summed E-state index contributed by atoms with van der Waals surface area (Å²) in [4.78, 5) is 9.53. The van der Waals surface area contributed by atoms with Crippen molar-refractivity contribution in [2.75, 3.05) is 0 Å². The molecular weight excluding hydrogens is 595 g/mol. The fourth-order valence-electron chi connectivity index (χ4n) is 7.74. The van der Waals surface area contributed by atoms with Crippen LogP contribution in [0.2, 0.25) is 0 Å². The fraction of sp³-hybridized carbons (Fsp3) is 0. The lowest BCUT2D eigenvalue weighted by molar-refractivity contribution is 1.18. The van der Waals surface area contributed by atoms with Crippen LogP contribution in [0.25, 0.3) is 93.5 Å². The number of benzene rings is 8. The first-order valence-corrected chi connectivity index (χ1v) is 16.7. The predicted octanol–water partition coefficient (Wildman–Crippen LogP) is 12.0. The highest BCUT2D eigenvalue weighted by atomic mass is 15.0. The Morgan fingerprint density at radius 3 is 1.20 bits per heavy atom. The lowest BCUT2D eigenvalue weighted by Crippen LogP contribution is -1.99. The van der Waals surface area contributed by atoms with Crippen molar-refractivity contribution in [3.05, 3.63) is 176 Å². The maximum atomic E-state index is 4.80. The van der Waals surface area contributed by atoms with Crippen LogP contribution >= 0.6 is 0 Å². The molecule has 0 amide bonds. The summed E-state index contributed by atoms with van der Waals surface area (Å²) in [5.41, 5.74) is 12.2. The van der Waals surface area contributed by atoms with Gasteiger partial charge < -0.3 is 4.57 Å². The Balaban J connectivity index is 1.48. The maximum absolute atomic E-state index is 4.80. The molecule has 3 nitrogen and oxygen atoms in total. The smallest absolute Gasteiger partial charge is 0.0908 e. The molecule has 0 aliphatic carbocycles. The minimum Gasteiger partial charge on any atom is -0.308 e. The van der Waals surface area contributed by atoms with Gasteiger partial charge in [-0.05, 0) is 73.6 Å². The van der Waals surface area contributed by atoms with Crippen molar-refractivity contribution >= 4 is 54.4 Å². The zero-order chi connectivity index (χ0) is 32.3.